The van der Waals surface area contributed by atoms with Crippen molar-refractivity contribution < 1.29 is 40.6 Å². The van der Waals surface area contributed by atoms with Crippen LogP contribution in [0.1, 0.15) is 72.5 Å². The van der Waals surface area contributed by atoms with Crippen molar-refractivity contribution in [2.75, 3.05) is 20.2 Å². The van der Waals surface area contributed by atoms with Crippen molar-refractivity contribution in [1.82, 2.24) is 15.1 Å². The van der Waals surface area contributed by atoms with Crippen LogP contribution in [0.15, 0.2) is 36.4 Å². The summed E-state index contributed by atoms with van der Waals surface area (Å²) >= 11 is 0. The van der Waals surface area contributed by atoms with Crippen molar-refractivity contribution in [2.24, 2.45) is 0 Å². The molecular weight excluding hydrogens is 543 g/mol. The summed E-state index contributed by atoms with van der Waals surface area (Å²) in [5.41, 5.74) is -2.26. The van der Waals surface area contributed by atoms with Crippen LogP contribution in [-0.4, -0.2) is 52.7 Å². The number of hydrogen-bond acceptors (Lipinski definition) is 3. The second kappa shape index (κ2) is 10.8. The maximum absolute atomic E-state index is 13.9. The third kappa shape index (κ3) is 6.07. The molecule has 2 amide bonds. The molecule has 2 aliphatic heterocycles. The Hall–Kier alpha value is -2.86. The van der Waals surface area contributed by atoms with Gasteiger partial charge in [-0.1, -0.05) is 6.07 Å². The van der Waals surface area contributed by atoms with Gasteiger partial charge in [0.25, 0.3) is 0 Å². The minimum atomic E-state index is -5.01. The van der Waals surface area contributed by atoms with Gasteiger partial charge in [-0.2, -0.15) is 26.3 Å². The minimum Gasteiger partial charge on any atom is -0.395 e. The van der Waals surface area contributed by atoms with E-state index >= 15 is 0 Å². The summed E-state index contributed by atoms with van der Waals surface area (Å²) in [5.74, 6) is -0.445. The second-order valence-corrected chi connectivity index (χ2v) is 10.9. The molecule has 4 rings (SSSR count). The van der Waals surface area contributed by atoms with Gasteiger partial charge in [0.2, 0.25) is 0 Å². The fourth-order valence-corrected chi connectivity index (χ4v) is 5.93. The Kier molecular flexibility index (Phi) is 8.16. The van der Waals surface area contributed by atoms with E-state index in [4.69, 9.17) is 0 Å². The minimum absolute atomic E-state index is 0.0399. The first-order valence-corrected chi connectivity index (χ1v) is 13.0. The molecule has 2 N–H and O–H groups in total. The number of piperidine rings is 1. The van der Waals surface area contributed by atoms with Crippen molar-refractivity contribution in [2.45, 2.75) is 75.5 Å². The number of likely N-dealkylation sites (tertiary alicyclic amines) is 1. The van der Waals surface area contributed by atoms with Gasteiger partial charge in [0, 0.05) is 25.2 Å². The molecule has 0 aliphatic carbocycles. The predicted octanol–water partition coefficient (Wildman–Crippen LogP) is 6.60. The molecule has 0 radical (unpaired) electrons. The molecule has 2 aromatic carbocycles. The average Bonchev–Trinajstić information content (AvgIpc) is 3.28. The normalized spacial score (nSPS) is 24.4. The van der Waals surface area contributed by atoms with Gasteiger partial charge >= 0.3 is 18.4 Å². The Morgan fingerprint density at radius 1 is 1.10 bits per heavy atom. The SMILES string of the molecule is Cc1cc(F)ccc1C1CC2(CCC(CO)N2)CCN1C(=O)N(C)C(C)c1cc(C(F)(F)F)cc(C(F)(F)F)c1. The van der Waals surface area contributed by atoms with E-state index in [0.29, 0.717) is 36.1 Å². The number of rotatable bonds is 4. The van der Waals surface area contributed by atoms with Crippen LogP contribution in [0.25, 0.3) is 0 Å². The van der Waals surface area contributed by atoms with Crippen LogP contribution in [0.5, 0.6) is 0 Å². The lowest BCUT2D eigenvalue weighted by Crippen LogP contribution is -2.56. The second-order valence-electron chi connectivity index (χ2n) is 10.9. The quantitative estimate of drug-likeness (QED) is 0.404. The number of halogens is 7. The molecule has 0 aromatic heterocycles. The van der Waals surface area contributed by atoms with Gasteiger partial charge in [-0.25, -0.2) is 9.18 Å². The zero-order chi connectivity index (χ0) is 29.6. The topological polar surface area (TPSA) is 55.8 Å². The number of amides is 2. The van der Waals surface area contributed by atoms with Crippen molar-refractivity contribution in [1.29, 1.82) is 0 Å². The summed E-state index contributed by atoms with van der Waals surface area (Å²) in [6.45, 7) is 3.30. The molecule has 40 heavy (non-hydrogen) atoms. The molecule has 2 aliphatic rings. The van der Waals surface area contributed by atoms with Crippen molar-refractivity contribution in [3.8, 4) is 0 Å². The number of aryl methyl sites for hydroxylation is 1. The molecule has 12 heteroatoms. The van der Waals surface area contributed by atoms with Crippen LogP contribution in [0.2, 0.25) is 0 Å². The van der Waals surface area contributed by atoms with Crippen molar-refractivity contribution >= 4 is 6.03 Å². The molecule has 2 heterocycles. The van der Waals surface area contributed by atoms with Crippen LogP contribution in [0.4, 0.5) is 35.5 Å². The molecular formula is C28H32F7N3O2. The van der Waals surface area contributed by atoms with Gasteiger partial charge in [-0.05, 0) is 86.6 Å². The number of aliphatic hydroxyl groups excluding tert-OH is 1. The lowest BCUT2D eigenvalue weighted by Gasteiger charge is -2.47. The highest BCUT2D eigenvalue weighted by Crippen LogP contribution is 2.44. The number of carbonyl (C=O) groups excluding carboxylic acids is 1. The number of urea groups is 1. The molecule has 4 unspecified atom stereocenters. The van der Waals surface area contributed by atoms with Crippen LogP contribution < -0.4 is 5.32 Å². The highest BCUT2D eigenvalue weighted by molar-refractivity contribution is 5.75. The zero-order valence-corrected chi connectivity index (χ0v) is 22.3. The van der Waals surface area contributed by atoms with Crippen molar-refractivity contribution in [3.05, 3.63) is 70.0 Å². The zero-order valence-electron chi connectivity index (χ0n) is 22.3. The van der Waals surface area contributed by atoms with E-state index in [1.807, 2.05) is 0 Å². The predicted molar refractivity (Wildman–Crippen MR) is 134 cm³/mol. The largest absolute Gasteiger partial charge is 0.416 e. The van der Waals surface area contributed by atoms with Gasteiger partial charge in [0.1, 0.15) is 5.82 Å². The van der Waals surface area contributed by atoms with E-state index in [1.165, 1.54) is 26.1 Å². The Morgan fingerprint density at radius 3 is 2.25 bits per heavy atom. The number of carbonyl (C=O) groups is 1. The Labute approximate surface area is 227 Å². The molecule has 0 bridgehead atoms. The number of benzene rings is 2. The maximum Gasteiger partial charge on any atom is 0.416 e. The molecule has 2 aromatic rings. The maximum atomic E-state index is 13.9. The van der Waals surface area contributed by atoms with E-state index in [0.717, 1.165) is 17.7 Å². The summed E-state index contributed by atoms with van der Waals surface area (Å²) in [6.07, 6.45) is -7.53. The van der Waals surface area contributed by atoms with Gasteiger partial charge in [0.05, 0.1) is 29.8 Å². The summed E-state index contributed by atoms with van der Waals surface area (Å²) < 4.78 is 94.6. The first-order chi connectivity index (χ1) is 18.5. The fourth-order valence-electron chi connectivity index (χ4n) is 5.93. The van der Waals surface area contributed by atoms with Crippen LogP contribution in [0.3, 0.4) is 0 Å². The number of aliphatic hydroxyl groups is 1. The van der Waals surface area contributed by atoms with Crippen LogP contribution >= 0.6 is 0 Å². The molecule has 0 saturated carbocycles. The highest BCUT2D eigenvalue weighted by atomic mass is 19.4. The molecule has 2 saturated heterocycles. The summed E-state index contributed by atoms with van der Waals surface area (Å²) in [5, 5.41) is 13.1. The number of nitrogens with one attached hydrogen (secondary N) is 1. The molecule has 1 spiro atoms. The van der Waals surface area contributed by atoms with Gasteiger partial charge in [0.15, 0.2) is 0 Å². The third-order valence-electron chi connectivity index (χ3n) is 8.31. The van der Waals surface area contributed by atoms with E-state index in [-0.39, 0.29) is 36.4 Å². The Morgan fingerprint density at radius 2 is 1.73 bits per heavy atom. The smallest absolute Gasteiger partial charge is 0.395 e. The third-order valence-corrected chi connectivity index (χ3v) is 8.31. The van der Waals surface area contributed by atoms with E-state index in [1.54, 1.807) is 17.9 Å². The Balaban J connectivity index is 1.67. The fraction of sp³-hybridized carbons (Fsp3) is 0.536. The van der Waals surface area contributed by atoms with Crippen LogP contribution in [0, 0.1) is 12.7 Å². The van der Waals surface area contributed by atoms with Gasteiger partial charge in [-0.15, -0.1) is 0 Å². The van der Waals surface area contributed by atoms with Crippen LogP contribution in [-0.2, 0) is 12.4 Å². The highest BCUT2D eigenvalue weighted by Gasteiger charge is 2.47. The lowest BCUT2D eigenvalue weighted by molar-refractivity contribution is -0.143. The van der Waals surface area contributed by atoms with Gasteiger partial charge < -0.3 is 20.2 Å². The summed E-state index contributed by atoms with van der Waals surface area (Å²) in [7, 11) is 1.34. The first-order valence-electron chi connectivity index (χ1n) is 13.0. The molecule has 2 fully saturated rings. The first kappa shape index (κ1) is 30.1. The lowest BCUT2D eigenvalue weighted by atomic mass is 9.79. The molecule has 220 valence electrons. The van der Waals surface area contributed by atoms with Crippen molar-refractivity contribution in [3.63, 3.8) is 0 Å². The summed E-state index contributed by atoms with van der Waals surface area (Å²) in [6, 6.07) is 3.25. The number of alkyl halides is 6. The van der Waals surface area contributed by atoms with Gasteiger partial charge in [-0.3, -0.25) is 0 Å². The summed E-state index contributed by atoms with van der Waals surface area (Å²) in [4.78, 5) is 16.5. The van der Waals surface area contributed by atoms with E-state index in [2.05, 4.69) is 5.32 Å². The van der Waals surface area contributed by atoms with E-state index < -0.39 is 47.4 Å². The number of hydrogen-bond donors (Lipinski definition) is 2. The average molecular weight is 576 g/mol. The Bertz CT molecular complexity index is 1220. The monoisotopic (exact) mass is 575 g/mol. The standard InChI is InChI=1S/C28H32F7N3O2/c1-16-10-21(29)4-5-23(16)24-14-26(7-6-22(15-39)36-26)8-9-38(24)25(40)37(3)17(2)18-11-19(27(30,31)32)13-20(12-18)28(33,34)35/h4-5,10-13,17,22,24,36,39H,6-9,14-15H2,1-3H3. The molecule has 4 atom stereocenters. The van der Waals surface area contributed by atoms with E-state index in [9.17, 15) is 40.6 Å². The number of nitrogens with zero attached hydrogens (tertiary/aromatic N) is 2. The molecule has 5 nitrogen and oxygen atoms in total.